The fourth-order valence-electron chi connectivity index (χ4n) is 2.16. The second kappa shape index (κ2) is 6.96. The Labute approximate surface area is 137 Å². The minimum absolute atomic E-state index is 0.0826. The van der Waals surface area contributed by atoms with E-state index in [1.165, 1.54) is 0 Å². The molecule has 0 bridgehead atoms. The molecule has 122 valence electrons. The summed E-state index contributed by atoms with van der Waals surface area (Å²) in [6.45, 7) is 3.86. The fourth-order valence-corrected chi connectivity index (χ4v) is 3.52. The van der Waals surface area contributed by atoms with Crippen molar-refractivity contribution in [2.75, 3.05) is 7.05 Å². The lowest BCUT2D eigenvalue weighted by Crippen LogP contribution is -2.33. The number of benzene rings is 2. The molecule has 0 radical (unpaired) electrons. The van der Waals surface area contributed by atoms with Gasteiger partial charge in [-0.25, -0.2) is 8.42 Å². The average molecular weight is 331 g/mol. The summed E-state index contributed by atoms with van der Waals surface area (Å²) in [4.78, 5) is 14.3. The molecule has 0 aromatic heterocycles. The van der Waals surface area contributed by atoms with Crippen molar-refractivity contribution in [3.63, 3.8) is 0 Å². The molecule has 0 aliphatic heterocycles. The minimum atomic E-state index is -3.42. The van der Waals surface area contributed by atoms with Crippen LogP contribution < -0.4 is 0 Å². The van der Waals surface area contributed by atoms with Crippen molar-refractivity contribution in [3.05, 3.63) is 65.7 Å². The van der Waals surface area contributed by atoms with Crippen LogP contribution in [0.2, 0.25) is 0 Å². The zero-order valence-electron chi connectivity index (χ0n) is 13.6. The normalized spacial score (nSPS) is 11.5. The lowest BCUT2D eigenvalue weighted by Gasteiger charge is -2.21. The summed E-state index contributed by atoms with van der Waals surface area (Å²) >= 11 is 0. The Morgan fingerprint density at radius 3 is 2.30 bits per heavy atom. The first-order valence-corrected chi connectivity index (χ1v) is 9.10. The highest BCUT2D eigenvalue weighted by Gasteiger charge is 2.18. The van der Waals surface area contributed by atoms with E-state index >= 15 is 0 Å². The monoisotopic (exact) mass is 331 g/mol. The smallest absolute Gasteiger partial charge is 0.253 e. The highest BCUT2D eigenvalue weighted by Crippen LogP contribution is 2.17. The van der Waals surface area contributed by atoms with E-state index in [1.807, 2.05) is 13.8 Å². The molecule has 1 amide bonds. The highest BCUT2D eigenvalue weighted by molar-refractivity contribution is 7.90. The van der Waals surface area contributed by atoms with E-state index in [1.54, 1.807) is 66.5 Å². The lowest BCUT2D eigenvalue weighted by molar-refractivity contribution is 0.0755. The van der Waals surface area contributed by atoms with Crippen molar-refractivity contribution in [1.29, 1.82) is 0 Å². The Hall–Kier alpha value is -2.14. The summed E-state index contributed by atoms with van der Waals surface area (Å²) in [5.74, 6) is -0.234. The Bertz CT molecular complexity index is 783. The number of carbonyl (C=O) groups is 1. The van der Waals surface area contributed by atoms with Crippen molar-refractivity contribution < 1.29 is 13.2 Å². The van der Waals surface area contributed by atoms with Crippen molar-refractivity contribution in [2.45, 2.75) is 30.5 Å². The quantitative estimate of drug-likeness (QED) is 0.846. The van der Waals surface area contributed by atoms with Crippen molar-refractivity contribution >= 4 is 15.7 Å². The Kier molecular flexibility index (Phi) is 5.21. The SMILES string of the molecule is CC(C)N(C)C(=O)c1cccc(CS(=O)(=O)c2ccccc2)c1. The summed E-state index contributed by atoms with van der Waals surface area (Å²) in [6.07, 6.45) is 0. The molecule has 0 aliphatic rings. The van der Waals surface area contributed by atoms with Crippen molar-refractivity contribution in [2.24, 2.45) is 0 Å². The molecule has 5 heteroatoms. The van der Waals surface area contributed by atoms with Gasteiger partial charge in [-0.05, 0) is 43.7 Å². The lowest BCUT2D eigenvalue weighted by atomic mass is 10.1. The molecule has 0 aliphatic carbocycles. The third kappa shape index (κ3) is 4.20. The van der Waals surface area contributed by atoms with E-state index < -0.39 is 9.84 Å². The third-order valence-corrected chi connectivity index (χ3v) is 5.43. The molecule has 0 heterocycles. The van der Waals surface area contributed by atoms with Crippen LogP contribution >= 0.6 is 0 Å². The van der Waals surface area contributed by atoms with Gasteiger partial charge in [-0.1, -0.05) is 30.3 Å². The van der Waals surface area contributed by atoms with Gasteiger partial charge in [0.1, 0.15) is 0 Å². The van der Waals surface area contributed by atoms with Crippen molar-refractivity contribution in [1.82, 2.24) is 4.90 Å². The molecule has 0 saturated carbocycles. The Morgan fingerprint density at radius 2 is 1.70 bits per heavy atom. The topological polar surface area (TPSA) is 54.5 Å². The molecule has 23 heavy (non-hydrogen) atoms. The summed E-state index contributed by atoms with van der Waals surface area (Å²) in [6, 6.07) is 15.2. The van der Waals surface area contributed by atoms with Gasteiger partial charge in [-0.2, -0.15) is 0 Å². The van der Waals surface area contributed by atoms with Crippen LogP contribution in [0.15, 0.2) is 59.5 Å². The maximum atomic E-state index is 12.4. The van der Waals surface area contributed by atoms with Gasteiger partial charge in [0, 0.05) is 18.7 Å². The second-order valence-corrected chi connectivity index (χ2v) is 7.77. The molecule has 0 spiro atoms. The first kappa shape index (κ1) is 17.2. The first-order chi connectivity index (χ1) is 10.8. The van der Waals surface area contributed by atoms with Gasteiger partial charge in [-0.3, -0.25) is 4.79 Å². The van der Waals surface area contributed by atoms with E-state index in [0.717, 1.165) is 0 Å². The first-order valence-electron chi connectivity index (χ1n) is 7.45. The summed E-state index contributed by atoms with van der Waals surface area (Å²) in [5, 5.41) is 0. The predicted molar refractivity (Wildman–Crippen MR) is 91.0 cm³/mol. The van der Waals surface area contributed by atoms with Crippen LogP contribution in [0.25, 0.3) is 0 Å². The van der Waals surface area contributed by atoms with Crippen LogP contribution in [0.3, 0.4) is 0 Å². The third-order valence-electron chi connectivity index (χ3n) is 3.73. The number of carbonyl (C=O) groups excluding carboxylic acids is 1. The van der Waals surface area contributed by atoms with Gasteiger partial charge in [0.15, 0.2) is 9.84 Å². The fraction of sp³-hybridized carbons (Fsp3) is 0.278. The average Bonchev–Trinajstić information content (AvgIpc) is 2.54. The predicted octanol–water partition coefficient (Wildman–Crippen LogP) is 3.14. The molecular formula is C18H21NO3S. The van der Waals surface area contributed by atoms with Crippen LogP contribution in [-0.4, -0.2) is 32.3 Å². The highest BCUT2D eigenvalue weighted by atomic mass is 32.2. The van der Waals surface area contributed by atoms with Gasteiger partial charge < -0.3 is 4.90 Å². The standard InChI is InChI=1S/C18H21NO3S/c1-14(2)19(3)18(20)16-9-7-8-15(12-16)13-23(21,22)17-10-5-4-6-11-17/h4-12,14H,13H2,1-3H3. The number of nitrogens with zero attached hydrogens (tertiary/aromatic N) is 1. The van der Waals surface area contributed by atoms with E-state index in [9.17, 15) is 13.2 Å². The molecule has 0 atom stereocenters. The number of amides is 1. The largest absolute Gasteiger partial charge is 0.339 e. The maximum Gasteiger partial charge on any atom is 0.253 e. The molecule has 2 rings (SSSR count). The van der Waals surface area contributed by atoms with Crippen LogP contribution in [0.4, 0.5) is 0 Å². The summed E-state index contributed by atoms with van der Waals surface area (Å²) < 4.78 is 24.9. The van der Waals surface area contributed by atoms with Gasteiger partial charge in [0.05, 0.1) is 10.6 Å². The van der Waals surface area contributed by atoms with Crippen LogP contribution in [0.1, 0.15) is 29.8 Å². The number of hydrogen-bond donors (Lipinski definition) is 0. The molecule has 4 nitrogen and oxygen atoms in total. The maximum absolute atomic E-state index is 12.4. The Balaban J connectivity index is 2.26. The van der Waals surface area contributed by atoms with E-state index in [4.69, 9.17) is 0 Å². The zero-order chi connectivity index (χ0) is 17.0. The van der Waals surface area contributed by atoms with Gasteiger partial charge in [-0.15, -0.1) is 0 Å². The van der Waals surface area contributed by atoms with Gasteiger partial charge in [0.2, 0.25) is 0 Å². The van der Waals surface area contributed by atoms with Gasteiger partial charge in [0.25, 0.3) is 5.91 Å². The van der Waals surface area contributed by atoms with Crippen LogP contribution in [0, 0.1) is 0 Å². The molecule has 0 N–H and O–H groups in total. The zero-order valence-corrected chi connectivity index (χ0v) is 14.4. The van der Waals surface area contributed by atoms with E-state index in [2.05, 4.69) is 0 Å². The number of sulfone groups is 1. The van der Waals surface area contributed by atoms with Crippen LogP contribution in [0.5, 0.6) is 0 Å². The summed E-state index contributed by atoms with van der Waals surface area (Å²) in [7, 11) is -1.68. The summed E-state index contributed by atoms with van der Waals surface area (Å²) in [5.41, 5.74) is 1.11. The molecule has 0 fully saturated rings. The number of hydrogen-bond acceptors (Lipinski definition) is 3. The van der Waals surface area contributed by atoms with E-state index in [-0.39, 0.29) is 22.6 Å². The van der Waals surface area contributed by atoms with Crippen LogP contribution in [-0.2, 0) is 15.6 Å². The Morgan fingerprint density at radius 1 is 1.04 bits per heavy atom. The van der Waals surface area contributed by atoms with Gasteiger partial charge >= 0.3 is 0 Å². The van der Waals surface area contributed by atoms with Crippen molar-refractivity contribution in [3.8, 4) is 0 Å². The minimum Gasteiger partial charge on any atom is -0.339 e. The molecule has 0 saturated heterocycles. The number of rotatable bonds is 5. The molecule has 0 unspecified atom stereocenters. The molecule has 2 aromatic rings. The second-order valence-electron chi connectivity index (χ2n) is 5.78. The molecular weight excluding hydrogens is 310 g/mol. The van der Waals surface area contributed by atoms with E-state index in [0.29, 0.717) is 11.1 Å². The molecule has 2 aromatic carbocycles.